The molecule has 0 aliphatic rings. The molecule has 2 aromatic rings. The van der Waals surface area contributed by atoms with Crippen molar-refractivity contribution in [1.29, 1.82) is 0 Å². The zero-order valence-corrected chi connectivity index (χ0v) is 11.7. The Morgan fingerprint density at radius 3 is 2.60 bits per heavy atom. The van der Waals surface area contributed by atoms with Gasteiger partial charge in [0.1, 0.15) is 5.75 Å². The van der Waals surface area contributed by atoms with E-state index in [0.29, 0.717) is 12.4 Å². The predicted molar refractivity (Wildman–Crippen MR) is 74.5 cm³/mol. The van der Waals surface area contributed by atoms with Gasteiger partial charge in [0.05, 0.1) is 6.61 Å². The summed E-state index contributed by atoms with van der Waals surface area (Å²) in [6.45, 7) is 4.32. The molecule has 20 heavy (non-hydrogen) atoms. The van der Waals surface area contributed by atoms with E-state index in [4.69, 9.17) is 9.47 Å². The molecule has 4 nitrogen and oxygen atoms in total. The first-order chi connectivity index (χ1) is 9.67. The summed E-state index contributed by atoms with van der Waals surface area (Å²) in [5.41, 5.74) is 1.02. The van der Waals surface area contributed by atoms with Crippen molar-refractivity contribution in [1.82, 2.24) is 0 Å². The molecule has 104 valence electrons. The van der Waals surface area contributed by atoms with Crippen molar-refractivity contribution >= 4 is 5.97 Å². The Balaban J connectivity index is 2.14. The van der Waals surface area contributed by atoms with E-state index in [0.717, 1.165) is 11.3 Å². The minimum Gasteiger partial charge on any atom is -0.461 e. The van der Waals surface area contributed by atoms with E-state index in [9.17, 15) is 4.79 Å². The summed E-state index contributed by atoms with van der Waals surface area (Å²) in [6.07, 6.45) is 3.67. The first kappa shape index (κ1) is 14.1. The number of pyridine rings is 1. The molecule has 0 unspecified atom stereocenters. The number of carbonyl (C=O) groups is 1. The van der Waals surface area contributed by atoms with Gasteiger partial charge in [0.25, 0.3) is 0 Å². The van der Waals surface area contributed by atoms with Crippen LogP contribution in [0.3, 0.4) is 0 Å². The number of carbonyl (C=O) groups excluding carboxylic acids is 1. The van der Waals surface area contributed by atoms with Gasteiger partial charge in [0.15, 0.2) is 11.9 Å². The molecule has 0 fully saturated rings. The molecule has 0 spiro atoms. The van der Waals surface area contributed by atoms with Crippen LogP contribution < -0.4 is 9.30 Å². The lowest BCUT2D eigenvalue weighted by Crippen LogP contribution is -2.38. The average molecular weight is 272 g/mol. The Morgan fingerprint density at radius 1 is 1.15 bits per heavy atom. The van der Waals surface area contributed by atoms with Gasteiger partial charge in [-0.1, -0.05) is 18.2 Å². The maximum Gasteiger partial charge on any atom is 0.372 e. The Kier molecular flexibility index (Phi) is 4.71. The topological polar surface area (TPSA) is 39.4 Å². The second kappa shape index (κ2) is 6.70. The van der Waals surface area contributed by atoms with E-state index in [2.05, 4.69) is 0 Å². The van der Waals surface area contributed by atoms with Crippen LogP contribution in [0.1, 0.15) is 12.5 Å². The third kappa shape index (κ3) is 4.09. The normalized spacial score (nSPS) is 10.1. The number of hydrogen-bond donors (Lipinski definition) is 0. The van der Waals surface area contributed by atoms with Crippen LogP contribution in [0.15, 0.2) is 48.8 Å². The molecule has 2 rings (SSSR count). The molecule has 0 aliphatic carbocycles. The van der Waals surface area contributed by atoms with Crippen molar-refractivity contribution in [3.05, 3.63) is 54.4 Å². The molecule has 1 aromatic heterocycles. The quantitative estimate of drug-likeness (QED) is 0.620. The molecule has 4 heteroatoms. The lowest BCUT2D eigenvalue weighted by atomic mass is 10.3. The highest BCUT2D eigenvalue weighted by Crippen LogP contribution is 2.19. The van der Waals surface area contributed by atoms with Crippen LogP contribution in [0, 0.1) is 6.92 Å². The lowest BCUT2D eigenvalue weighted by Gasteiger charge is -2.05. The number of nitrogens with zero attached hydrogens (tertiary/aromatic N) is 1. The van der Waals surface area contributed by atoms with Gasteiger partial charge >= 0.3 is 5.97 Å². The zero-order valence-electron chi connectivity index (χ0n) is 11.7. The molecule has 0 aliphatic heterocycles. The summed E-state index contributed by atoms with van der Waals surface area (Å²) < 4.78 is 12.5. The van der Waals surface area contributed by atoms with Gasteiger partial charge in [-0.05, 0) is 32.0 Å². The number of aromatic nitrogens is 1. The van der Waals surface area contributed by atoms with Crippen molar-refractivity contribution in [3.8, 4) is 11.5 Å². The van der Waals surface area contributed by atoms with Gasteiger partial charge in [0, 0.05) is 5.56 Å². The van der Waals surface area contributed by atoms with Gasteiger partial charge in [-0.3, -0.25) is 0 Å². The first-order valence-corrected chi connectivity index (χ1v) is 6.56. The summed E-state index contributed by atoms with van der Waals surface area (Å²) in [5.74, 6) is 1.20. The lowest BCUT2D eigenvalue weighted by molar-refractivity contribution is -0.686. The van der Waals surface area contributed by atoms with Crippen molar-refractivity contribution in [2.24, 2.45) is 0 Å². The van der Waals surface area contributed by atoms with Gasteiger partial charge < -0.3 is 9.47 Å². The van der Waals surface area contributed by atoms with Crippen LogP contribution in [0.5, 0.6) is 11.5 Å². The molecule has 0 amide bonds. The third-order valence-electron chi connectivity index (χ3n) is 2.63. The van der Waals surface area contributed by atoms with E-state index in [-0.39, 0.29) is 12.5 Å². The van der Waals surface area contributed by atoms with Crippen LogP contribution in [-0.4, -0.2) is 12.6 Å². The number of aryl methyl sites for hydroxylation is 1. The molecular formula is C16H18NO3+. The molecule has 0 atom stereocenters. The van der Waals surface area contributed by atoms with Gasteiger partial charge in [-0.15, -0.1) is 0 Å². The average Bonchev–Trinajstić information content (AvgIpc) is 2.39. The number of para-hydroxylation sites is 1. The van der Waals surface area contributed by atoms with Gasteiger partial charge in [-0.25, -0.2) is 4.79 Å². The van der Waals surface area contributed by atoms with Crippen molar-refractivity contribution < 1.29 is 18.8 Å². The van der Waals surface area contributed by atoms with Crippen LogP contribution in [0.2, 0.25) is 0 Å². The first-order valence-electron chi connectivity index (χ1n) is 6.56. The number of benzene rings is 1. The van der Waals surface area contributed by atoms with Crippen LogP contribution in [0.25, 0.3) is 0 Å². The van der Waals surface area contributed by atoms with E-state index >= 15 is 0 Å². The minimum atomic E-state index is -0.256. The monoisotopic (exact) mass is 272 g/mol. The molecule has 1 heterocycles. The minimum absolute atomic E-state index is 0.181. The second-order valence-corrected chi connectivity index (χ2v) is 4.44. The fourth-order valence-corrected chi connectivity index (χ4v) is 1.89. The number of esters is 1. The summed E-state index contributed by atoms with van der Waals surface area (Å²) in [7, 11) is 0. The summed E-state index contributed by atoms with van der Waals surface area (Å²) in [5, 5.41) is 0. The van der Waals surface area contributed by atoms with E-state index in [1.54, 1.807) is 17.7 Å². The van der Waals surface area contributed by atoms with Gasteiger partial charge in [0.2, 0.25) is 12.7 Å². The molecule has 0 bridgehead atoms. The second-order valence-electron chi connectivity index (χ2n) is 4.44. The summed E-state index contributed by atoms with van der Waals surface area (Å²) in [6, 6.07) is 11.5. The summed E-state index contributed by atoms with van der Waals surface area (Å²) in [4.78, 5) is 11.5. The van der Waals surface area contributed by atoms with E-state index in [1.807, 2.05) is 49.5 Å². The Labute approximate surface area is 118 Å². The zero-order chi connectivity index (χ0) is 14.4. The molecule has 0 saturated carbocycles. The summed E-state index contributed by atoms with van der Waals surface area (Å²) >= 11 is 0. The maximum absolute atomic E-state index is 11.5. The highest BCUT2D eigenvalue weighted by Gasteiger charge is 2.13. The highest BCUT2D eigenvalue weighted by molar-refractivity contribution is 5.67. The Bertz CT molecular complexity index is 582. The van der Waals surface area contributed by atoms with Crippen molar-refractivity contribution in [2.75, 3.05) is 6.61 Å². The molecule has 0 saturated heterocycles. The largest absolute Gasteiger partial charge is 0.461 e. The number of hydrogen-bond acceptors (Lipinski definition) is 3. The SMILES string of the molecule is CCOC(=O)C[n+]1cc(C)cc(Oc2ccccc2)c1. The smallest absolute Gasteiger partial charge is 0.372 e. The van der Waals surface area contributed by atoms with E-state index in [1.165, 1.54) is 0 Å². The standard InChI is InChI=1S/C16H18NO3/c1-3-19-16(18)12-17-10-13(2)9-15(11-17)20-14-7-5-4-6-8-14/h4-11H,3,12H2,1-2H3/q+1. The molecule has 0 N–H and O–H groups in total. The number of ether oxygens (including phenoxy) is 2. The fraction of sp³-hybridized carbons (Fsp3) is 0.250. The third-order valence-corrected chi connectivity index (χ3v) is 2.63. The maximum atomic E-state index is 11.5. The van der Waals surface area contributed by atoms with Crippen molar-refractivity contribution in [2.45, 2.75) is 20.4 Å². The molecular weight excluding hydrogens is 254 g/mol. The van der Waals surface area contributed by atoms with Crippen LogP contribution in [0.4, 0.5) is 0 Å². The van der Waals surface area contributed by atoms with Gasteiger partial charge in [-0.2, -0.15) is 4.57 Å². The highest BCUT2D eigenvalue weighted by atomic mass is 16.5. The molecule has 0 radical (unpaired) electrons. The molecule has 1 aromatic carbocycles. The Morgan fingerprint density at radius 2 is 1.90 bits per heavy atom. The van der Waals surface area contributed by atoms with E-state index < -0.39 is 0 Å². The Hall–Kier alpha value is -2.36. The van der Waals surface area contributed by atoms with Crippen molar-refractivity contribution in [3.63, 3.8) is 0 Å². The predicted octanol–water partition coefficient (Wildman–Crippen LogP) is 2.64. The van der Waals surface area contributed by atoms with Crippen LogP contribution >= 0.6 is 0 Å². The van der Waals surface area contributed by atoms with Crippen LogP contribution in [-0.2, 0) is 16.1 Å². The fourth-order valence-electron chi connectivity index (χ4n) is 1.89. The number of rotatable bonds is 5.